The quantitative estimate of drug-likeness (QED) is 0.722. The van der Waals surface area contributed by atoms with Gasteiger partial charge in [-0.25, -0.2) is 0 Å². The summed E-state index contributed by atoms with van der Waals surface area (Å²) in [6, 6.07) is 15.4. The molecule has 25 heavy (non-hydrogen) atoms. The number of thioether (sulfide) groups is 1. The second kappa shape index (κ2) is 8.84. The van der Waals surface area contributed by atoms with E-state index < -0.39 is 0 Å². The Morgan fingerprint density at radius 3 is 2.72 bits per heavy atom. The third-order valence-corrected chi connectivity index (χ3v) is 5.97. The summed E-state index contributed by atoms with van der Waals surface area (Å²) in [5, 5.41) is 1.39. The highest BCUT2D eigenvalue weighted by molar-refractivity contribution is 7.99. The van der Waals surface area contributed by atoms with E-state index in [2.05, 4.69) is 24.3 Å². The van der Waals surface area contributed by atoms with Crippen molar-refractivity contribution in [2.75, 3.05) is 25.4 Å². The number of hydrogen-bond acceptors (Lipinski definition) is 3. The van der Waals surface area contributed by atoms with Gasteiger partial charge in [0.25, 0.3) is 5.91 Å². The largest absolute Gasteiger partial charge is 0.482 e. The first-order valence-corrected chi connectivity index (χ1v) is 9.96. The van der Waals surface area contributed by atoms with Gasteiger partial charge in [-0.15, -0.1) is 0 Å². The van der Waals surface area contributed by atoms with E-state index in [9.17, 15) is 4.79 Å². The van der Waals surface area contributed by atoms with Crippen molar-refractivity contribution in [2.45, 2.75) is 11.7 Å². The maximum absolute atomic E-state index is 12.5. The average Bonchev–Trinajstić information content (AvgIpc) is 2.88. The van der Waals surface area contributed by atoms with Gasteiger partial charge in [-0.1, -0.05) is 53.5 Å². The van der Waals surface area contributed by atoms with E-state index >= 15 is 0 Å². The lowest BCUT2D eigenvalue weighted by atomic mass is 10.1. The average molecular weight is 396 g/mol. The van der Waals surface area contributed by atoms with Crippen LogP contribution in [0.15, 0.2) is 48.5 Å². The number of nitrogens with zero attached hydrogens (tertiary/aromatic N) is 1. The summed E-state index contributed by atoms with van der Waals surface area (Å²) in [6.07, 6.45) is 0.947. The van der Waals surface area contributed by atoms with Crippen LogP contribution in [0.2, 0.25) is 10.0 Å². The third kappa shape index (κ3) is 5.06. The van der Waals surface area contributed by atoms with Crippen molar-refractivity contribution in [3.63, 3.8) is 0 Å². The summed E-state index contributed by atoms with van der Waals surface area (Å²) < 4.78 is 5.57. The fourth-order valence-corrected chi connectivity index (χ4v) is 4.47. The lowest BCUT2D eigenvalue weighted by Gasteiger charge is -2.20. The van der Waals surface area contributed by atoms with Crippen LogP contribution in [0.3, 0.4) is 0 Å². The minimum Gasteiger partial charge on any atom is -0.482 e. The van der Waals surface area contributed by atoms with Crippen LogP contribution in [0.25, 0.3) is 0 Å². The summed E-state index contributed by atoms with van der Waals surface area (Å²) in [5.74, 6) is 1.39. The molecule has 1 saturated heterocycles. The number of carbonyl (C=O) groups excluding carboxylic acids is 1. The van der Waals surface area contributed by atoms with Crippen LogP contribution in [-0.4, -0.2) is 36.3 Å². The number of carbonyl (C=O) groups is 1. The zero-order valence-corrected chi connectivity index (χ0v) is 16.0. The first-order chi connectivity index (χ1) is 12.1. The summed E-state index contributed by atoms with van der Waals surface area (Å²) in [4.78, 5) is 14.3. The molecule has 0 N–H and O–H groups in total. The molecule has 6 heteroatoms. The van der Waals surface area contributed by atoms with Gasteiger partial charge in [0.1, 0.15) is 5.75 Å². The van der Waals surface area contributed by atoms with Crippen molar-refractivity contribution in [3.05, 3.63) is 64.1 Å². The highest BCUT2D eigenvalue weighted by atomic mass is 35.5. The van der Waals surface area contributed by atoms with E-state index in [-0.39, 0.29) is 12.5 Å². The number of benzene rings is 2. The van der Waals surface area contributed by atoms with Crippen LogP contribution in [0.1, 0.15) is 17.2 Å². The zero-order chi connectivity index (χ0) is 17.6. The fraction of sp³-hybridized carbons (Fsp3) is 0.316. The van der Waals surface area contributed by atoms with E-state index in [1.807, 2.05) is 22.7 Å². The molecule has 0 radical (unpaired) electrons. The maximum atomic E-state index is 12.5. The predicted molar refractivity (Wildman–Crippen MR) is 105 cm³/mol. The van der Waals surface area contributed by atoms with E-state index in [0.29, 0.717) is 21.0 Å². The monoisotopic (exact) mass is 395 g/mol. The Morgan fingerprint density at radius 2 is 1.96 bits per heavy atom. The van der Waals surface area contributed by atoms with Crippen molar-refractivity contribution in [3.8, 4) is 5.75 Å². The van der Waals surface area contributed by atoms with Crippen LogP contribution in [0, 0.1) is 0 Å². The van der Waals surface area contributed by atoms with Crippen molar-refractivity contribution in [1.29, 1.82) is 0 Å². The standard InChI is InChI=1S/C19H19Cl2NO2S/c20-15-6-7-17(16(21)12-15)24-13-19(23)22-9-8-18(25-11-10-22)14-4-2-1-3-5-14/h1-7,12,18H,8-11,13H2/t18-/m0/s1. The Kier molecular flexibility index (Phi) is 6.51. The molecule has 0 unspecified atom stereocenters. The second-order valence-electron chi connectivity index (χ2n) is 5.80. The van der Waals surface area contributed by atoms with E-state index in [1.54, 1.807) is 18.2 Å². The Bertz CT molecular complexity index is 727. The summed E-state index contributed by atoms with van der Waals surface area (Å²) >= 11 is 13.8. The van der Waals surface area contributed by atoms with Gasteiger partial charge in [0.05, 0.1) is 5.02 Å². The number of rotatable bonds is 4. The molecule has 0 bridgehead atoms. The van der Waals surface area contributed by atoms with Gasteiger partial charge in [-0.05, 0) is 30.2 Å². The number of amides is 1. The lowest BCUT2D eigenvalue weighted by molar-refractivity contribution is -0.133. The maximum Gasteiger partial charge on any atom is 0.260 e. The van der Waals surface area contributed by atoms with Gasteiger partial charge < -0.3 is 9.64 Å². The molecule has 1 fully saturated rings. The lowest BCUT2D eigenvalue weighted by Crippen LogP contribution is -2.36. The molecule has 0 spiro atoms. The zero-order valence-electron chi connectivity index (χ0n) is 13.7. The first-order valence-electron chi connectivity index (χ1n) is 8.15. The molecule has 3 nitrogen and oxygen atoms in total. The number of ether oxygens (including phenoxy) is 1. The molecule has 1 atom stereocenters. The smallest absolute Gasteiger partial charge is 0.260 e. The first kappa shape index (κ1) is 18.4. The van der Waals surface area contributed by atoms with Crippen molar-refractivity contribution < 1.29 is 9.53 Å². The molecular formula is C19H19Cl2NO2S. The summed E-state index contributed by atoms with van der Waals surface area (Å²) in [6.45, 7) is 1.47. The summed E-state index contributed by atoms with van der Waals surface area (Å²) in [5.41, 5.74) is 1.32. The molecule has 1 heterocycles. The topological polar surface area (TPSA) is 29.5 Å². The molecule has 1 aliphatic heterocycles. The van der Waals surface area contributed by atoms with Crippen molar-refractivity contribution in [1.82, 2.24) is 4.90 Å². The molecule has 2 aromatic carbocycles. The van der Waals surface area contributed by atoms with Crippen LogP contribution in [0.5, 0.6) is 5.75 Å². The molecule has 2 aromatic rings. The Morgan fingerprint density at radius 1 is 1.16 bits per heavy atom. The van der Waals surface area contributed by atoms with Crippen LogP contribution in [-0.2, 0) is 4.79 Å². The Balaban J connectivity index is 1.54. The summed E-state index contributed by atoms with van der Waals surface area (Å²) in [7, 11) is 0. The van der Waals surface area contributed by atoms with Crippen LogP contribution >= 0.6 is 35.0 Å². The van der Waals surface area contributed by atoms with E-state index in [0.717, 1.165) is 25.3 Å². The molecule has 1 aliphatic rings. The Labute approximate surface area is 162 Å². The molecule has 0 aromatic heterocycles. The van der Waals surface area contributed by atoms with Crippen molar-refractivity contribution >= 4 is 40.9 Å². The van der Waals surface area contributed by atoms with Gasteiger partial charge in [-0.2, -0.15) is 11.8 Å². The van der Waals surface area contributed by atoms with E-state index in [4.69, 9.17) is 27.9 Å². The normalized spacial score (nSPS) is 17.8. The molecule has 1 amide bonds. The van der Waals surface area contributed by atoms with Crippen LogP contribution < -0.4 is 4.74 Å². The minimum absolute atomic E-state index is 0.0119. The third-order valence-electron chi connectivity index (χ3n) is 4.11. The predicted octanol–water partition coefficient (Wildman–Crippen LogP) is 5.08. The van der Waals surface area contributed by atoms with Gasteiger partial charge in [-0.3, -0.25) is 4.79 Å². The Hall–Kier alpha value is -1.36. The van der Waals surface area contributed by atoms with Gasteiger partial charge in [0.15, 0.2) is 6.61 Å². The fourth-order valence-electron chi connectivity index (χ4n) is 2.78. The van der Waals surface area contributed by atoms with Gasteiger partial charge in [0.2, 0.25) is 0 Å². The molecule has 0 aliphatic carbocycles. The number of hydrogen-bond donors (Lipinski definition) is 0. The molecule has 0 saturated carbocycles. The highest BCUT2D eigenvalue weighted by Crippen LogP contribution is 2.34. The highest BCUT2D eigenvalue weighted by Gasteiger charge is 2.22. The van der Waals surface area contributed by atoms with Crippen LogP contribution in [0.4, 0.5) is 0 Å². The van der Waals surface area contributed by atoms with Gasteiger partial charge in [0, 0.05) is 29.1 Å². The minimum atomic E-state index is -0.0136. The molecular weight excluding hydrogens is 377 g/mol. The second-order valence-corrected chi connectivity index (χ2v) is 7.96. The van der Waals surface area contributed by atoms with E-state index in [1.165, 1.54) is 5.56 Å². The molecule has 132 valence electrons. The number of halogens is 2. The van der Waals surface area contributed by atoms with Gasteiger partial charge >= 0.3 is 0 Å². The molecule has 3 rings (SSSR count). The SMILES string of the molecule is O=C(COc1ccc(Cl)cc1Cl)N1CCS[C@H](c2ccccc2)CC1. The van der Waals surface area contributed by atoms with Crippen molar-refractivity contribution in [2.24, 2.45) is 0 Å².